The lowest BCUT2D eigenvalue weighted by Crippen LogP contribution is -2.36. The van der Waals surface area contributed by atoms with Gasteiger partial charge in [-0.25, -0.2) is 13.4 Å². The van der Waals surface area contributed by atoms with Gasteiger partial charge in [-0.15, -0.1) is 0 Å². The van der Waals surface area contributed by atoms with Crippen molar-refractivity contribution in [1.82, 2.24) is 4.98 Å². The topological polar surface area (TPSA) is 91.8 Å². The molecule has 2 aliphatic heterocycles. The molecule has 1 aromatic heterocycles. The fourth-order valence-electron chi connectivity index (χ4n) is 3.94. The number of thiazole rings is 1. The van der Waals surface area contributed by atoms with Crippen LogP contribution >= 0.6 is 11.3 Å². The van der Waals surface area contributed by atoms with Gasteiger partial charge < -0.3 is 15.0 Å². The summed E-state index contributed by atoms with van der Waals surface area (Å²) in [5, 5.41) is 3.91. The lowest BCUT2D eigenvalue weighted by atomic mass is 10.1. The Kier molecular flexibility index (Phi) is 5.07. The largest absolute Gasteiger partial charge is 0.378 e. The summed E-state index contributed by atoms with van der Waals surface area (Å²) in [6.07, 6.45) is 1.80. The minimum Gasteiger partial charge on any atom is -0.378 e. The Morgan fingerprint density at radius 3 is 2.71 bits per heavy atom. The minimum atomic E-state index is -3.31. The number of sulfonamides is 1. The van der Waals surface area contributed by atoms with Crippen molar-refractivity contribution in [3.63, 3.8) is 0 Å². The third kappa shape index (κ3) is 3.98. The average molecular weight is 459 g/mol. The molecule has 3 aromatic rings. The first-order valence-corrected chi connectivity index (χ1v) is 12.7. The number of hydrogen-bond donors (Lipinski definition) is 1. The molecule has 162 valence electrons. The average Bonchev–Trinajstić information content (AvgIpc) is 3.37. The molecule has 1 N–H and O–H groups in total. The van der Waals surface area contributed by atoms with E-state index in [-0.39, 0.29) is 5.91 Å². The Balaban J connectivity index is 1.34. The first-order chi connectivity index (χ1) is 14.9. The van der Waals surface area contributed by atoms with Gasteiger partial charge in [0, 0.05) is 30.9 Å². The van der Waals surface area contributed by atoms with Gasteiger partial charge in [-0.05, 0) is 48.4 Å². The first kappa shape index (κ1) is 20.2. The second-order valence-corrected chi connectivity index (χ2v) is 10.6. The fraction of sp³-hybridized carbons (Fsp3) is 0.333. The maximum absolute atomic E-state index is 12.8. The minimum absolute atomic E-state index is 0.224. The van der Waals surface area contributed by atoms with Crippen molar-refractivity contribution in [2.24, 2.45) is 0 Å². The van der Waals surface area contributed by atoms with Crippen LogP contribution in [0.15, 0.2) is 36.4 Å². The van der Waals surface area contributed by atoms with Crippen molar-refractivity contribution in [3.8, 4) is 0 Å². The van der Waals surface area contributed by atoms with Crippen LogP contribution < -0.4 is 14.5 Å². The van der Waals surface area contributed by atoms with Gasteiger partial charge in [-0.1, -0.05) is 11.3 Å². The number of benzene rings is 2. The number of ether oxygens (including phenoxy) is 1. The molecule has 2 aromatic carbocycles. The van der Waals surface area contributed by atoms with Gasteiger partial charge in [-0.2, -0.15) is 0 Å². The molecule has 10 heteroatoms. The van der Waals surface area contributed by atoms with E-state index in [9.17, 15) is 13.2 Å². The van der Waals surface area contributed by atoms with E-state index in [1.54, 1.807) is 29.5 Å². The van der Waals surface area contributed by atoms with Crippen molar-refractivity contribution in [1.29, 1.82) is 0 Å². The number of carbonyl (C=O) groups excluding carboxylic acids is 1. The first-order valence-electron chi connectivity index (χ1n) is 10.0. The molecule has 0 saturated carbocycles. The summed E-state index contributed by atoms with van der Waals surface area (Å²) < 4.78 is 31.6. The second kappa shape index (κ2) is 7.77. The second-order valence-electron chi connectivity index (χ2n) is 7.66. The lowest BCUT2D eigenvalue weighted by molar-refractivity contribution is 0.102. The molecule has 3 heterocycles. The fourth-order valence-corrected chi connectivity index (χ4v) is 5.96. The van der Waals surface area contributed by atoms with E-state index in [4.69, 9.17) is 9.72 Å². The van der Waals surface area contributed by atoms with Crippen LogP contribution in [0.4, 0.5) is 16.5 Å². The molecule has 0 bridgehead atoms. The van der Waals surface area contributed by atoms with Crippen LogP contribution in [-0.4, -0.2) is 58.4 Å². The molecule has 1 fully saturated rings. The van der Waals surface area contributed by atoms with Crippen molar-refractivity contribution in [2.75, 3.05) is 53.6 Å². The van der Waals surface area contributed by atoms with Crippen molar-refractivity contribution in [2.45, 2.75) is 6.42 Å². The normalized spacial score (nSPS) is 16.5. The zero-order valence-corrected chi connectivity index (χ0v) is 18.6. The van der Waals surface area contributed by atoms with E-state index in [2.05, 4.69) is 10.2 Å². The van der Waals surface area contributed by atoms with Gasteiger partial charge in [-0.3, -0.25) is 9.10 Å². The number of morpholine rings is 1. The monoisotopic (exact) mass is 458 g/mol. The maximum Gasteiger partial charge on any atom is 0.255 e. The van der Waals surface area contributed by atoms with Crippen molar-refractivity contribution in [3.05, 3.63) is 47.5 Å². The van der Waals surface area contributed by atoms with E-state index in [1.165, 1.54) is 10.6 Å². The van der Waals surface area contributed by atoms with Crippen LogP contribution in [-0.2, 0) is 21.2 Å². The highest BCUT2D eigenvalue weighted by Crippen LogP contribution is 2.33. The molecule has 5 rings (SSSR count). The predicted octanol–water partition coefficient (Wildman–Crippen LogP) is 2.71. The molecule has 2 aliphatic rings. The van der Waals surface area contributed by atoms with Gasteiger partial charge in [0.25, 0.3) is 5.91 Å². The summed E-state index contributed by atoms with van der Waals surface area (Å²) in [4.78, 5) is 19.7. The zero-order chi connectivity index (χ0) is 21.6. The molecule has 0 radical (unpaired) electrons. The Hall–Kier alpha value is -2.69. The van der Waals surface area contributed by atoms with E-state index >= 15 is 0 Å². The summed E-state index contributed by atoms with van der Waals surface area (Å²) >= 11 is 1.61. The molecule has 31 heavy (non-hydrogen) atoms. The van der Waals surface area contributed by atoms with Crippen LogP contribution in [0.25, 0.3) is 10.2 Å². The highest BCUT2D eigenvalue weighted by atomic mass is 32.2. The number of aromatic nitrogens is 1. The van der Waals surface area contributed by atoms with Gasteiger partial charge in [0.15, 0.2) is 5.13 Å². The molecule has 8 nitrogen and oxygen atoms in total. The summed E-state index contributed by atoms with van der Waals surface area (Å²) in [6, 6.07) is 10.9. The molecular weight excluding hydrogens is 436 g/mol. The molecule has 1 saturated heterocycles. The Bertz CT molecular complexity index is 1270. The standard InChI is InChI=1S/C21H22N4O4S2/c1-31(27,28)25-7-6-14-12-15(2-5-18(14)25)20(26)22-16-3-4-17-19(13-16)30-21(23-17)24-8-10-29-11-9-24/h2-5,12-13H,6-11H2,1H3,(H,22,26). The smallest absolute Gasteiger partial charge is 0.255 e. The summed E-state index contributed by atoms with van der Waals surface area (Å²) in [7, 11) is -3.31. The van der Waals surface area contributed by atoms with E-state index in [1.807, 2.05) is 18.2 Å². The van der Waals surface area contributed by atoms with Crippen molar-refractivity contribution < 1.29 is 17.9 Å². The van der Waals surface area contributed by atoms with Gasteiger partial charge >= 0.3 is 0 Å². The molecular formula is C21H22N4O4S2. The van der Waals surface area contributed by atoms with Crippen LogP contribution in [0.1, 0.15) is 15.9 Å². The van der Waals surface area contributed by atoms with Crippen LogP contribution in [0.3, 0.4) is 0 Å². The maximum atomic E-state index is 12.8. The quantitative estimate of drug-likeness (QED) is 0.646. The van der Waals surface area contributed by atoms with Crippen molar-refractivity contribution >= 4 is 54.0 Å². The molecule has 0 unspecified atom stereocenters. The number of nitrogens with zero attached hydrogens (tertiary/aromatic N) is 3. The summed E-state index contributed by atoms with van der Waals surface area (Å²) in [5.74, 6) is -0.224. The van der Waals surface area contributed by atoms with Gasteiger partial charge in [0.1, 0.15) is 0 Å². The third-order valence-corrected chi connectivity index (χ3v) is 7.77. The number of nitrogens with one attached hydrogen (secondary N) is 1. The molecule has 0 aliphatic carbocycles. The number of hydrogen-bond acceptors (Lipinski definition) is 7. The zero-order valence-electron chi connectivity index (χ0n) is 17.0. The van der Waals surface area contributed by atoms with E-state index < -0.39 is 10.0 Å². The predicted molar refractivity (Wildman–Crippen MR) is 123 cm³/mol. The van der Waals surface area contributed by atoms with E-state index in [0.717, 1.165) is 34.0 Å². The SMILES string of the molecule is CS(=O)(=O)N1CCc2cc(C(=O)Nc3ccc4nc(N5CCOCC5)sc4c3)ccc21. The number of fused-ring (bicyclic) bond motifs is 2. The summed E-state index contributed by atoms with van der Waals surface area (Å²) in [6.45, 7) is 3.49. The molecule has 0 spiro atoms. The number of carbonyl (C=O) groups is 1. The number of amides is 1. The Morgan fingerprint density at radius 2 is 1.94 bits per heavy atom. The number of rotatable bonds is 4. The lowest BCUT2D eigenvalue weighted by Gasteiger charge is -2.25. The Labute approximate surface area is 184 Å². The van der Waals surface area contributed by atoms with Crippen LogP contribution in [0.5, 0.6) is 0 Å². The third-order valence-electron chi connectivity index (χ3n) is 5.51. The number of anilines is 3. The summed E-state index contributed by atoms with van der Waals surface area (Å²) in [5.41, 5.74) is 3.63. The molecule has 0 atom stereocenters. The highest BCUT2D eigenvalue weighted by molar-refractivity contribution is 7.92. The van der Waals surface area contributed by atoms with Crippen LogP contribution in [0.2, 0.25) is 0 Å². The van der Waals surface area contributed by atoms with Crippen LogP contribution in [0, 0.1) is 0 Å². The Morgan fingerprint density at radius 1 is 1.13 bits per heavy atom. The van der Waals surface area contributed by atoms with Gasteiger partial charge in [0.05, 0.1) is 35.4 Å². The highest BCUT2D eigenvalue weighted by Gasteiger charge is 2.26. The van der Waals surface area contributed by atoms with Gasteiger partial charge in [0.2, 0.25) is 10.0 Å². The molecule has 1 amide bonds. The van der Waals surface area contributed by atoms with E-state index in [0.29, 0.717) is 43.1 Å².